The summed E-state index contributed by atoms with van der Waals surface area (Å²) in [6.07, 6.45) is 0. The minimum atomic E-state index is 0.324. The van der Waals surface area contributed by atoms with Gasteiger partial charge in [0.25, 0.3) is 0 Å². The standard InChI is InChI=1S/C6H9ClO2/c7-6-4-1-8-3-9-2-5(4)6/h4-6H,1-3H2. The Morgan fingerprint density at radius 1 is 1.11 bits per heavy atom. The van der Waals surface area contributed by atoms with E-state index in [1.54, 1.807) is 0 Å². The van der Waals surface area contributed by atoms with Gasteiger partial charge in [-0.05, 0) is 0 Å². The predicted octanol–water partition coefficient (Wildman–Crippen LogP) is 0.844. The third-order valence-electron chi connectivity index (χ3n) is 2.01. The first kappa shape index (κ1) is 5.96. The average molecular weight is 149 g/mol. The third kappa shape index (κ3) is 0.955. The van der Waals surface area contributed by atoms with Crippen molar-refractivity contribution in [2.75, 3.05) is 20.0 Å². The fourth-order valence-corrected chi connectivity index (χ4v) is 1.69. The smallest absolute Gasteiger partial charge is 0.146 e. The van der Waals surface area contributed by atoms with Crippen molar-refractivity contribution in [1.29, 1.82) is 0 Å². The Bertz CT molecular complexity index is 106. The molecule has 1 saturated heterocycles. The van der Waals surface area contributed by atoms with Crippen LogP contribution in [-0.4, -0.2) is 25.4 Å². The van der Waals surface area contributed by atoms with Gasteiger partial charge in [-0.3, -0.25) is 0 Å². The molecule has 1 heterocycles. The lowest BCUT2D eigenvalue weighted by atomic mass is 10.3. The molecule has 9 heavy (non-hydrogen) atoms. The molecule has 0 radical (unpaired) electrons. The first-order valence-corrected chi connectivity index (χ1v) is 3.63. The number of hydrogen-bond donors (Lipinski definition) is 0. The predicted molar refractivity (Wildman–Crippen MR) is 33.4 cm³/mol. The number of halogens is 1. The molecule has 2 rings (SSSR count). The molecule has 0 spiro atoms. The fraction of sp³-hybridized carbons (Fsp3) is 1.00. The van der Waals surface area contributed by atoms with E-state index in [9.17, 15) is 0 Å². The normalized spacial score (nSPS) is 49.7. The Hall–Kier alpha value is 0.210. The molecular formula is C6H9ClO2. The van der Waals surface area contributed by atoms with Crippen molar-refractivity contribution >= 4 is 11.6 Å². The number of hydrogen-bond acceptors (Lipinski definition) is 2. The molecule has 0 aromatic heterocycles. The van der Waals surface area contributed by atoms with Crippen LogP contribution in [0.25, 0.3) is 0 Å². The van der Waals surface area contributed by atoms with Crippen molar-refractivity contribution in [3.05, 3.63) is 0 Å². The topological polar surface area (TPSA) is 18.5 Å². The Kier molecular flexibility index (Phi) is 1.40. The van der Waals surface area contributed by atoms with Crippen LogP contribution in [0.15, 0.2) is 0 Å². The molecule has 1 aliphatic carbocycles. The lowest BCUT2D eigenvalue weighted by molar-refractivity contribution is -0.0418. The number of fused-ring (bicyclic) bond motifs is 1. The lowest BCUT2D eigenvalue weighted by Gasteiger charge is -1.99. The van der Waals surface area contributed by atoms with Gasteiger partial charge in [-0.25, -0.2) is 0 Å². The van der Waals surface area contributed by atoms with Crippen LogP contribution in [-0.2, 0) is 9.47 Å². The summed E-state index contributed by atoms with van der Waals surface area (Å²) in [6, 6.07) is 0. The average Bonchev–Trinajstić information content (AvgIpc) is 2.51. The second-order valence-electron chi connectivity index (χ2n) is 2.63. The highest BCUT2D eigenvalue weighted by Crippen LogP contribution is 2.45. The largest absolute Gasteiger partial charge is 0.355 e. The quantitative estimate of drug-likeness (QED) is 0.474. The summed E-state index contributed by atoms with van der Waals surface area (Å²) >= 11 is 5.87. The second-order valence-corrected chi connectivity index (χ2v) is 3.14. The van der Waals surface area contributed by atoms with Crippen molar-refractivity contribution in [3.63, 3.8) is 0 Å². The third-order valence-corrected chi connectivity index (χ3v) is 2.66. The summed E-state index contributed by atoms with van der Waals surface area (Å²) in [7, 11) is 0. The van der Waals surface area contributed by atoms with Crippen molar-refractivity contribution in [2.24, 2.45) is 11.8 Å². The second kappa shape index (κ2) is 2.11. The Balaban J connectivity index is 1.93. The molecule has 2 aliphatic rings. The molecule has 0 amide bonds. The van der Waals surface area contributed by atoms with Gasteiger partial charge in [-0.1, -0.05) is 0 Å². The number of rotatable bonds is 0. The number of alkyl halides is 1. The van der Waals surface area contributed by atoms with Crippen LogP contribution < -0.4 is 0 Å². The molecule has 2 atom stereocenters. The molecule has 52 valence electrons. The highest BCUT2D eigenvalue weighted by atomic mass is 35.5. The van der Waals surface area contributed by atoms with Crippen LogP contribution in [0.5, 0.6) is 0 Å². The molecule has 1 saturated carbocycles. The summed E-state index contributed by atoms with van der Waals surface area (Å²) in [5.41, 5.74) is 0. The van der Waals surface area contributed by atoms with Crippen molar-refractivity contribution in [2.45, 2.75) is 5.38 Å². The molecule has 0 aromatic carbocycles. The molecule has 2 fully saturated rings. The maximum atomic E-state index is 5.87. The van der Waals surface area contributed by atoms with E-state index in [0.717, 1.165) is 13.2 Å². The van der Waals surface area contributed by atoms with Crippen molar-refractivity contribution in [3.8, 4) is 0 Å². The summed E-state index contributed by atoms with van der Waals surface area (Å²) in [4.78, 5) is 0. The first-order valence-electron chi connectivity index (χ1n) is 3.19. The molecule has 1 aliphatic heterocycles. The van der Waals surface area contributed by atoms with Crippen LogP contribution in [0, 0.1) is 11.8 Å². The zero-order valence-corrected chi connectivity index (χ0v) is 5.80. The van der Waals surface area contributed by atoms with E-state index in [0.29, 0.717) is 24.0 Å². The zero-order chi connectivity index (χ0) is 6.27. The van der Waals surface area contributed by atoms with Gasteiger partial charge in [0.1, 0.15) is 6.79 Å². The minimum absolute atomic E-state index is 0.324. The van der Waals surface area contributed by atoms with Crippen LogP contribution in [0.1, 0.15) is 0 Å². The Labute approximate surface area is 59.1 Å². The van der Waals surface area contributed by atoms with Gasteiger partial charge in [0, 0.05) is 17.2 Å². The van der Waals surface area contributed by atoms with Crippen LogP contribution >= 0.6 is 11.6 Å². The van der Waals surface area contributed by atoms with E-state index in [2.05, 4.69) is 0 Å². The van der Waals surface area contributed by atoms with Gasteiger partial charge in [0.15, 0.2) is 0 Å². The van der Waals surface area contributed by atoms with E-state index >= 15 is 0 Å². The summed E-state index contributed by atoms with van der Waals surface area (Å²) in [5.74, 6) is 1.16. The Morgan fingerprint density at radius 2 is 1.67 bits per heavy atom. The van der Waals surface area contributed by atoms with Crippen molar-refractivity contribution < 1.29 is 9.47 Å². The van der Waals surface area contributed by atoms with Crippen molar-refractivity contribution in [1.82, 2.24) is 0 Å². The van der Waals surface area contributed by atoms with E-state index < -0.39 is 0 Å². The van der Waals surface area contributed by atoms with E-state index in [-0.39, 0.29) is 0 Å². The van der Waals surface area contributed by atoms with Gasteiger partial charge in [-0.15, -0.1) is 11.6 Å². The minimum Gasteiger partial charge on any atom is -0.355 e. The number of ether oxygens (including phenoxy) is 2. The summed E-state index contributed by atoms with van der Waals surface area (Å²) in [5, 5.41) is 0.324. The molecule has 0 aromatic rings. The fourth-order valence-electron chi connectivity index (χ4n) is 1.26. The van der Waals surface area contributed by atoms with Gasteiger partial charge in [-0.2, -0.15) is 0 Å². The van der Waals surface area contributed by atoms with E-state index in [1.807, 2.05) is 0 Å². The molecule has 2 unspecified atom stereocenters. The molecule has 0 bridgehead atoms. The lowest BCUT2D eigenvalue weighted by Crippen LogP contribution is -2.01. The first-order chi connectivity index (χ1) is 4.39. The highest BCUT2D eigenvalue weighted by molar-refractivity contribution is 6.23. The maximum Gasteiger partial charge on any atom is 0.146 e. The molecule has 3 heteroatoms. The van der Waals surface area contributed by atoms with Crippen LogP contribution in [0.3, 0.4) is 0 Å². The Morgan fingerprint density at radius 3 is 2.22 bits per heavy atom. The monoisotopic (exact) mass is 148 g/mol. The van der Waals surface area contributed by atoms with Gasteiger partial charge in [0.05, 0.1) is 13.2 Å². The summed E-state index contributed by atoms with van der Waals surface area (Å²) in [6.45, 7) is 2.04. The van der Waals surface area contributed by atoms with Crippen LogP contribution in [0.2, 0.25) is 0 Å². The molecule has 0 N–H and O–H groups in total. The van der Waals surface area contributed by atoms with E-state index in [4.69, 9.17) is 21.1 Å². The summed E-state index contributed by atoms with van der Waals surface area (Å²) < 4.78 is 10.2. The zero-order valence-electron chi connectivity index (χ0n) is 5.05. The van der Waals surface area contributed by atoms with Crippen LogP contribution in [0.4, 0.5) is 0 Å². The molecule has 2 nitrogen and oxygen atoms in total. The van der Waals surface area contributed by atoms with Gasteiger partial charge < -0.3 is 9.47 Å². The molecular weight excluding hydrogens is 140 g/mol. The maximum absolute atomic E-state index is 5.87. The van der Waals surface area contributed by atoms with E-state index in [1.165, 1.54) is 0 Å². The van der Waals surface area contributed by atoms with Gasteiger partial charge in [0.2, 0.25) is 0 Å². The van der Waals surface area contributed by atoms with Gasteiger partial charge >= 0.3 is 0 Å². The highest BCUT2D eigenvalue weighted by Gasteiger charge is 2.49. The SMILES string of the molecule is ClC1C2COCOCC12.